The van der Waals surface area contributed by atoms with Crippen molar-refractivity contribution in [2.45, 2.75) is 60.4 Å². The van der Waals surface area contributed by atoms with Crippen LogP contribution in [0.3, 0.4) is 0 Å². The molecule has 0 fully saturated rings. The normalized spacial score (nSPS) is 13.3. The van der Waals surface area contributed by atoms with E-state index in [1.54, 1.807) is 0 Å². The minimum absolute atomic E-state index is 0.426. The van der Waals surface area contributed by atoms with E-state index in [0.29, 0.717) is 17.8 Å². The molecule has 2 aromatic rings. The summed E-state index contributed by atoms with van der Waals surface area (Å²) in [6.07, 6.45) is 2.35. The minimum Gasteiger partial charge on any atom is -0.383 e. The first-order valence-corrected chi connectivity index (χ1v) is 7.53. The zero-order valence-electron chi connectivity index (χ0n) is 13.5. The molecule has 0 saturated carbocycles. The second-order valence-corrected chi connectivity index (χ2v) is 5.75. The number of anilines is 1. The summed E-state index contributed by atoms with van der Waals surface area (Å²) in [6.45, 7) is 13.0. The number of rotatable bonds is 4. The van der Waals surface area contributed by atoms with Gasteiger partial charge in [0.05, 0.1) is 5.39 Å². The Morgan fingerprint density at radius 1 is 1.10 bits per heavy atom. The molecule has 2 aromatic heterocycles. The molecule has 1 atom stereocenters. The molecule has 0 aliphatic heterocycles. The van der Waals surface area contributed by atoms with Gasteiger partial charge in [0.25, 0.3) is 0 Å². The first-order valence-electron chi connectivity index (χ1n) is 7.53. The summed E-state index contributed by atoms with van der Waals surface area (Å²) >= 11 is 0. The SMILES string of the molecule is CCC(CC)C(C)n1c(C)c(C)c2c(N)nc(C)nc21. The Labute approximate surface area is 121 Å². The van der Waals surface area contributed by atoms with E-state index >= 15 is 0 Å². The monoisotopic (exact) mass is 274 g/mol. The van der Waals surface area contributed by atoms with Crippen LogP contribution >= 0.6 is 0 Å². The number of fused-ring (bicyclic) bond motifs is 1. The molecule has 0 amide bonds. The smallest absolute Gasteiger partial charge is 0.146 e. The number of hydrogen-bond acceptors (Lipinski definition) is 3. The summed E-state index contributed by atoms with van der Waals surface area (Å²) in [5, 5.41) is 1.02. The van der Waals surface area contributed by atoms with E-state index < -0.39 is 0 Å². The third-order valence-corrected chi connectivity index (χ3v) is 4.68. The van der Waals surface area contributed by atoms with Crippen LogP contribution < -0.4 is 5.73 Å². The van der Waals surface area contributed by atoms with Crippen LogP contribution in [0.15, 0.2) is 0 Å². The Hall–Kier alpha value is -1.58. The van der Waals surface area contributed by atoms with E-state index in [1.165, 1.54) is 24.1 Å². The molecular formula is C16H26N4. The molecular weight excluding hydrogens is 248 g/mol. The van der Waals surface area contributed by atoms with Crippen LogP contribution in [-0.4, -0.2) is 14.5 Å². The number of hydrogen-bond donors (Lipinski definition) is 1. The van der Waals surface area contributed by atoms with Crippen molar-refractivity contribution < 1.29 is 0 Å². The van der Waals surface area contributed by atoms with Crippen LogP contribution in [0, 0.1) is 26.7 Å². The van der Waals surface area contributed by atoms with Crippen LogP contribution in [-0.2, 0) is 0 Å². The summed E-state index contributed by atoms with van der Waals surface area (Å²) in [6, 6.07) is 0.426. The van der Waals surface area contributed by atoms with Crippen molar-refractivity contribution in [2.24, 2.45) is 5.92 Å². The van der Waals surface area contributed by atoms with Crippen molar-refractivity contribution >= 4 is 16.9 Å². The second kappa shape index (κ2) is 5.43. The first kappa shape index (κ1) is 14.8. The largest absolute Gasteiger partial charge is 0.383 e. The summed E-state index contributed by atoms with van der Waals surface area (Å²) in [5.41, 5.74) is 9.57. The maximum Gasteiger partial charge on any atom is 0.146 e. The number of aryl methyl sites for hydroxylation is 2. The van der Waals surface area contributed by atoms with Crippen LogP contribution in [0.4, 0.5) is 5.82 Å². The average Bonchev–Trinajstić information content (AvgIpc) is 2.63. The molecule has 4 heteroatoms. The van der Waals surface area contributed by atoms with E-state index in [4.69, 9.17) is 5.73 Å². The van der Waals surface area contributed by atoms with Crippen LogP contribution in [0.25, 0.3) is 11.0 Å². The lowest BCUT2D eigenvalue weighted by atomic mass is 9.95. The molecule has 0 aromatic carbocycles. The maximum atomic E-state index is 6.12. The highest BCUT2D eigenvalue weighted by Gasteiger charge is 2.23. The Morgan fingerprint density at radius 3 is 2.25 bits per heavy atom. The predicted molar refractivity (Wildman–Crippen MR) is 84.9 cm³/mol. The van der Waals surface area contributed by atoms with Gasteiger partial charge < -0.3 is 10.3 Å². The Balaban J connectivity index is 2.73. The number of aromatic nitrogens is 3. The van der Waals surface area contributed by atoms with Gasteiger partial charge in [0.1, 0.15) is 17.3 Å². The van der Waals surface area contributed by atoms with Crippen molar-refractivity contribution in [3.8, 4) is 0 Å². The summed E-state index contributed by atoms with van der Waals surface area (Å²) in [5.74, 6) is 1.99. The van der Waals surface area contributed by atoms with Crippen molar-refractivity contribution in [3.63, 3.8) is 0 Å². The van der Waals surface area contributed by atoms with E-state index in [0.717, 1.165) is 16.9 Å². The molecule has 2 N–H and O–H groups in total. The zero-order valence-corrected chi connectivity index (χ0v) is 13.5. The Kier molecular flexibility index (Phi) is 4.02. The van der Waals surface area contributed by atoms with Crippen molar-refractivity contribution in [2.75, 3.05) is 5.73 Å². The molecule has 0 aliphatic carbocycles. The van der Waals surface area contributed by atoms with E-state index in [9.17, 15) is 0 Å². The van der Waals surface area contributed by atoms with Crippen LogP contribution in [0.5, 0.6) is 0 Å². The molecule has 4 nitrogen and oxygen atoms in total. The molecule has 0 bridgehead atoms. The van der Waals surface area contributed by atoms with Gasteiger partial charge >= 0.3 is 0 Å². The van der Waals surface area contributed by atoms with Gasteiger partial charge in [-0.2, -0.15) is 0 Å². The third-order valence-electron chi connectivity index (χ3n) is 4.68. The zero-order chi connectivity index (χ0) is 15.0. The minimum atomic E-state index is 0.426. The number of nitrogen functional groups attached to an aromatic ring is 1. The Morgan fingerprint density at radius 2 is 1.70 bits per heavy atom. The molecule has 2 heterocycles. The van der Waals surface area contributed by atoms with E-state index in [2.05, 4.69) is 49.2 Å². The van der Waals surface area contributed by atoms with Crippen LogP contribution in [0.2, 0.25) is 0 Å². The third kappa shape index (κ3) is 2.17. The average molecular weight is 274 g/mol. The maximum absolute atomic E-state index is 6.12. The molecule has 0 aliphatic rings. The molecule has 1 unspecified atom stereocenters. The number of nitrogens with zero attached hydrogens (tertiary/aromatic N) is 3. The first-order chi connectivity index (χ1) is 9.42. The highest BCUT2D eigenvalue weighted by molar-refractivity contribution is 5.91. The summed E-state index contributed by atoms with van der Waals surface area (Å²) in [4.78, 5) is 8.98. The van der Waals surface area contributed by atoms with Gasteiger partial charge in [-0.1, -0.05) is 26.7 Å². The van der Waals surface area contributed by atoms with Gasteiger partial charge in [-0.15, -0.1) is 0 Å². The highest BCUT2D eigenvalue weighted by Crippen LogP contribution is 2.34. The van der Waals surface area contributed by atoms with Gasteiger partial charge in [-0.05, 0) is 39.2 Å². The van der Waals surface area contributed by atoms with E-state index in [1.807, 2.05) is 6.92 Å². The summed E-state index contributed by atoms with van der Waals surface area (Å²) in [7, 11) is 0. The lowest BCUT2D eigenvalue weighted by Gasteiger charge is -2.25. The lowest BCUT2D eigenvalue weighted by Crippen LogP contribution is -2.17. The van der Waals surface area contributed by atoms with Gasteiger partial charge in [-0.25, -0.2) is 9.97 Å². The topological polar surface area (TPSA) is 56.7 Å². The molecule has 0 spiro atoms. The molecule has 110 valence electrons. The van der Waals surface area contributed by atoms with Crippen molar-refractivity contribution in [3.05, 3.63) is 17.1 Å². The van der Waals surface area contributed by atoms with Gasteiger partial charge in [0, 0.05) is 11.7 Å². The summed E-state index contributed by atoms with van der Waals surface area (Å²) < 4.78 is 2.35. The van der Waals surface area contributed by atoms with Gasteiger partial charge in [0.15, 0.2) is 0 Å². The number of nitrogens with two attached hydrogens (primary N) is 1. The van der Waals surface area contributed by atoms with Gasteiger partial charge in [0.2, 0.25) is 0 Å². The van der Waals surface area contributed by atoms with Crippen molar-refractivity contribution in [1.82, 2.24) is 14.5 Å². The highest BCUT2D eigenvalue weighted by atomic mass is 15.1. The lowest BCUT2D eigenvalue weighted by molar-refractivity contribution is 0.335. The van der Waals surface area contributed by atoms with Crippen LogP contribution in [0.1, 0.15) is 56.7 Å². The van der Waals surface area contributed by atoms with E-state index in [-0.39, 0.29) is 0 Å². The standard InChI is InChI=1S/C16H26N4/c1-7-13(8-2)11(5)20-10(4)9(3)14-15(17)18-12(6)19-16(14)20/h11,13H,7-8H2,1-6H3,(H2,17,18,19). The quantitative estimate of drug-likeness (QED) is 0.918. The van der Waals surface area contributed by atoms with Crippen molar-refractivity contribution in [1.29, 1.82) is 0 Å². The predicted octanol–water partition coefficient (Wildman–Crippen LogP) is 3.94. The molecule has 0 saturated heterocycles. The molecule has 20 heavy (non-hydrogen) atoms. The fourth-order valence-corrected chi connectivity index (χ4v) is 3.31. The fraction of sp³-hybridized carbons (Fsp3) is 0.625. The second-order valence-electron chi connectivity index (χ2n) is 5.75. The fourth-order valence-electron chi connectivity index (χ4n) is 3.31. The van der Waals surface area contributed by atoms with Gasteiger partial charge in [-0.3, -0.25) is 0 Å². The molecule has 2 rings (SSSR count). The molecule has 0 radical (unpaired) electrons. The Bertz CT molecular complexity index is 623.